The lowest BCUT2D eigenvalue weighted by Crippen LogP contribution is -2.44. The molecule has 0 aliphatic carbocycles. The SMILES string of the molecule is CC[C@H](C)[C@H](N)C(=O)NCCCCOCCOC. The van der Waals surface area contributed by atoms with Crippen LogP contribution in [0.3, 0.4) is 0 Å². The van der Waals surface area contributed by atoms with Gasteiger partial charge in [0.05, 0.1) is 19.3 Å². The average Bonchev–Trinajstić information content (AvgIpc) is 2.39. The van der Waals surface area contributed by atoms with Crippen molar-refractivity contribution >= 4 is 5.91 Å². The Morgan fingerprint density at radius 3 is 2.61 bits per heavy atom. The first kappa shape index (κ1) is 17.4. The molecule has 0 saturated heterocycles. The smallest absolute Gasteiger partial charge is 0.237 e. The molecule has 0 aromatic carbocycles. The van der Waals surface area contributed by atoms with E-state index >= 15 is 0 Å². The summed E-state index contributed by atoms with van der Waals surface area (Å²) in [4.78, 5) is 11.6. The van der Waals surface area contributed by atoms with Gasteiger partial charge < -0.3 is 20.5 Å². The molecule has 0 saturated carbocycles. The summed E-state index contributed by atoms with van der Waals surface area (Å²) in [5.41, 5.74) is 5.82. The zero-order valence-electron chi connectivity index (χ0n) is 11.9. The van der Waals surface area contributed by atoms with Gasteiger partial charge in [-0.2, -0.15) is 0 Å². The summed E-state index contributed by atoms with van der Waals surface area (Å²) in [7, 11) is 1.65. The van der Waals surface area contributed by atoms with E-state index in [-0.39, 0.29) is 11.8 Å². The Morgan fingerprint density at radius 2 is 2.00 bits per heavy atom. The van der Waals surface area contributed by atoms with Crippen LogP contribution >= 0.6 is 0 Å². The Hall–Kier alpha value is -0.650. The van der Waals surface area contributed by atoms with Gasteiger partial charge in [0.1, 0.15) is 0 Å². The normalized spacial score (nSPS) is 14.2. The molecule has 0 aliphatic heterocycles. The summed E-state index contributed by atoms with van der Waals surface area (Å²) in [6.07, 6.45) is 2.76. The van der Waals surface area contributed by atoms with Crippen LogP contribution in [0.25, 0.3) is 0 Å². The number of unbranched alkanes of at least 4 members (excludes halogenated alkanes) is 1. The van der Waals surface area contributed by atoms with Crippen molar-refractivity contribution in [3.05, 3.63) is 0 Å². The summed E-state index contributed by atoms with van der Waals surface area (Å²) >= 11 is 0. The monoisotopic (exact) mass is 260 g/mol. The standard InChI is InChI=1S/C13H28N2O3/c1-4-11(2)12(14)13(16)15-7-5-6-8-18-10-9-17-3/h11-12H,4-10,14H2,1-3H3,(H,15,16)/t11-,12-/m0/s1. The van der Waals surface area contributed by atoms with Crippen molar-refractivity contribution in [2.75, 3.05) is 33.5 Å². The molecule has 0 aromatic heterocycles. The van der Waals surface area contributed by atoms with Gasteiger partial charge >= 0.3 is 0 Å². The summed E-state index contributed by atoms with van der Waals surface area (Å²) in [5, 5.41) is 2.86. The molecule has 18 heavy (non-hydrogen) atoms. The van der Waals surface area contributed by atoms with Crippen LogP contribution < -0.4 is 11.1 Å². The number of methoxy groups -OCH3 is 1. The molecule has 0 bridgehead atoms. The molecule has 0 aromatic rings. The van der Waals surface area contributed by atoms with Gasteiger partial charge in [0.25, 0.3) is 0 Å². The summed E-state index contributed by atoms with van der Waals surface area (Å²) in [5.74, 6) is 0.173. The Morgan fingerprint density at radius 1 is 1.28 bits per heavy atom. The van der Waals surface area contributed by atoms with Crippen LogP contribution in [0.4, 0.5) is 0 Å². The molecule has 0 spiro atoms. The topological polar surface area (TPSA) is 73.6 Å². The van der Waals surface area contributed by atoms with Gasteiger partial charge in [0.15, 0.2) is 0 Å². The summed E-state index contributed by atoms with van der Waals surface area (Å²) < 4.78 is 10.2. The van der Waals surface area contributed by atoms with Crippen LogP contribution in [0.15, 0.2) is 0 Å². The first-order valence-corrected chi connectivity index (χ1v) is 6.73. The van der Waals surface area contributed by atoms with Gasteiger partial charge in [-0.1, -0.05) is 20.3 Å². The Bertz CT molecular complexity index is 212. The van der Waals surface area contributed by atoms with E-state index in [9.17, 15) is 4.79 Å². The second kappa shape index (κ2) is 11.4. The van der Waals surface area contributed by atoms with Crippen LogP contribution in [0.2, 0.25) is 0 Å². The number of ether oxygens (including phenoxy) is 2. The van der Waals surface area contributed by atoms with Crippen LogP contribution in [0, 0.1) is 5.92 Å². The Kier molecular flexibility index (Phi) is 11.0. The average molecular weight is 260 g/mol. The van der Waals surface area contributed by atoms with E-state index in [1.807, 2.05) is 13.8 Å². The lowest BCUT2D eigenvalue weighted by molar-refractivity contribution is -0.123. The summed E-state index contributed by atoms with van der Waals surface area (Å²) in [6.45, 7) is 6.65. The van der Waals surface area contributed by atoms with E-state index < -0.39 is 6.04 Å². The minimum atomic E-state index is -0.395. The molecular weight excluding hydrogens is 232 g/mol. The number of nitrogens with one attached hydrogen (secondary N) is 1. The third-order valence-electron chi connectivity index (χ3n) is 3.01. The first-order chi connectivity index (χ1) is 8.63. The molecule has 108 valence electrons. The largest absolute Gasteiger partial charge is 0.382 e. The molecule has 3 N–H and O–H groups in total. The fraction of sp³-hybridized carbons (Fsp3) is 0.923. The molecule has 0 rings (SSSR count). The fourth-order valence-corrected chi connectivity index (χ4v) is 1.42. The highest BCUT2D eigenvalue weighted by atomic mass is 16.5. The number of amides is 1. The minimum Gasteiger partial charge on any atom is -0.382 e. The molecule has 1 amide bonds. The highest BCUT2D eigenvalue weighted by Crippen LogP contribution is 2.04. The van der Waals surface area contributed by atoms with Crippen molar-refractivity contribution in [3.8, 4) is 0 Å². The number of rotatable bonds is 11. The van der Waals surface area contributed by atoms with Gasteiger partial charge in [-0.25, -0.2) is 0 Å². The number of hydrogen-bond acceptors (Lipinski definition) is 4. The van der Waals surface area contributed by atoms with E-state index in [1.54, 1.807) is 7.11 Å². The van der Waals surface area contributed by atoms with Crippen molar-refractivity contribution in [2.24, 2.45) is 11.7 Å². The molecule has 2 atom stereocenters. The van der Waals surface area contributed by atoms with Gasteiger partial charge in [-0.05, 0) is 18.8 Å². The first-order valence-electron chi connectivity index (χ1n) is 6.73. The quantitative estimate of drug-likeness (QED) is 0.542. The maximum absolute atomic E-state index is 11.6. The van der Waals surface area contributed by atoms with E-state index in [0.717, 1.165) is 19.3 Å². The van der Waals surface area contributed by atoms with E-state index in [1.165, 1.54) is 0 Å². The van der Waals surface area contributed by atoms with Crippen molar-refractivity contribution in [1.29, 1.82) is 0 Å². The van der Waals surface area contributed by atoms with Crippen LogP contribution in [-0.4, -0.2) is 45.4 Å². The molecule has 0 radical (unpaired) electrons. The van der Waals surface area contributed by atoms with Gasteiger partial charge in [0.2, 0.25) is 5.91 Å². The molecular formula is C13H28N2O3. The van der Waals surface area contributed by atoms with Crippen molar-refractivity contribution in [1.82, 2.24) is 5.32 Å². The third-order valence-corrected chi connectivity index (χ3v) is 3.01. The lowest BCUT2D eigenvalue weighted by atomic mass is 9.99. The fourth-order valence-electron chi connectivity index (χ4n) is 1.42. The molecule has 0 fully saturated rings. The van der Waals surface area contributed by atoms with Crippen LogP contribution in [0.5, 0.6) is 0 Å². The maximum Gasteiger partial charge on any atom is 0.237 e. The van der Waals surface area contributed by atoms with Gasteiger partial charge in [0, 0.05) is 20.3 Å². The second-order valence-electron chi connectivity index (χ2n) is 4.51. The third kappa shape index (κ3) is 8.44. The number of hydrogen-bond donors (Lipinski definition) is 2. The van der Waals surface area contributed by atoms with E-state index in [4.69, 9.17) is 15.2 Å². The Labute approximate surface area is 110 Å². The number of nitrogens with two attached hydrogens (primary N) is 1. The highest BCUT2D eigenvalue weighted by molar-refractivity contribution is 5.81. The number of carbonyl (C=O) groups excluding carboxylic acids is 1. The van der Waals surface area contributed by atoms with Crippen molar-refractivity contribution in [3.63, 3.8) is 0 Å². The predicted molar refractivity (Wildman–Crippen MR) is 72.4 cm³/mol. The predicted octanol–water partition coefficient (Wildman–Crippen LogP) is 0.919. The van der Waals surface area contributed by atoms with Gasteiger partial charge in [-0.3, -0.25) is 4.79 Å². The zero-order valence-corrected chi connectivity index (χ0v) is 11.9. The zero-order chi connectivity index (χ0) is 13.8. The molecule has 5 nitrogen and oxygen atoms in total. The molecule has 0 heterocycles. The van der Waals surface area contributed by atoms with E-state index in [2.05, 4.69) is 5.32 Å². The van der Waals surface area contributed by atoms with Crippen molar-refractivity contribution in [2.45, 2.75) is 39.2 Å². The Balaban J connectivity index is 3.40. The van der Waals surface area contributed by atoms with Crippen LogP contribution in [0.1, 0.15) is 33.1 Å². The minimum absolute atomic E-state index is 0.0512. The van der Waals surface area contributed by atoms with E-state index in [0.29, 0.717) is 26.4 Å². The molecule has 5 heteroatoms. The molecule has 0 aliphatic rings. The van der Waals surface area contributed by atoms with Crippen LogP contribution in [-0.2, 0) is 14.3 Å². The lowest BCUT2D eigenvalue weighted by Gasteiger charge is -2.17. The maximum atomic E-state index is 11.6. The van der Waals surface area contributed by atoms with Gasteiger partial charge in [-0.15, -0.1) is 0 Å². The van der Waals surface area contributed by atoms with Crippen molar-refractivity contribution < 1.29 is 14.3 Å². The summed E-state index contributed by atoms with van der Waals surface area (Å²) in [6, 6.07) is -0.395. The highest BCUT2D eigenvalue weighted by Gasteiger charge is 2.18. The number of carbonyl (C=O) groups is 1. The molecule has 0 unspecified atom stereocenters. The second-order valence-corrected chi connectivity index (χ2v) is 4.51.